The van der Waals surface area contributed by atoms with Crippen LogP contribution < -0.4 is 5.32 Å². The topological polar surface area (TPSA) is 12.0 Å². The van der Waals surface area contributed by atoms with Gasteiger partial charge in [0.2, 0.25) is 0 Å². The fraction of sp³-hybridized carbons (Fsp3) is 0.538. The summed E-state index contributed by atoms with van der Waals surface area (Å²) in [6.45, 7) is 3.17. The summed E-state index contributed by atoms with van der Waals surface area (Å²) >= 11 is 5.15. The van der Waals surface area contributed by atoms with E-state index in [1.807, 2.05) is 17.8 Å². The third-order valence-corrected chi connectivity index (χ3v) is 3.65. The fourth-order valence-electron chi connectivity index (χ4n) is 1.75. The number of benzene rings is 1. The van der Waals surface area contributed by atoms with E-state index in [1.165, 1.54) is 6.07 Å². The van der Waals surface area contributed by atoms with Crippen molar-refractivity contribution in [2.75, 3.05) is 18.6 Å². The molecule has 0 amide bonds. The predicted octanol–water partition coefficient (Wildman–Crippen LogP) is 3.86. The van der Waals surface area contributed by atoms with Gasteiger partial charge in [-0.1, -0.05) is 22.9 Å². The smallest absolute Gasteiger partial charge is 0.124 e. The molecule has 0 aliphatic carbocycles. The highest BCUT2D eigenvalue weighted by molar-refractivity contribution is 9.10. The minimum atomic E-state index is -0.173. The molecule has 1 aromatic rings. The molecule has 1 N–H and O–H groups in total. The Morgan fingerprint density at radius 3 is 2.76 bits per heavy atom. The van der Waals surface area contributed by atoms with Crippen molar-refractivity contribution in [3.8, 4) is 0 Å². The highest BCUT2D eigenvalue weighted by Crippen LogP contribution is 2.17. The van der Waals surface area contributed by atoms with Gasteiger partial charge in [-0.2, -0.15) is 11.8 Å². The van der Waals surface area contributed by atoms with Crippen LogP contribution in [0.15, 0.2) is 22.7 Å². The van der Waals surface area contributed by atoms with Crippen molar-refractivity contribution >= 4 is 27.7 Å². The Hall–Kier alpha value is -0.0600. The molecule has 4 heteroatoms. The van der Waals surface area contributed by atoms with Crippen LogP contribution in [-0.4, -0.2) is 24.6 Å². The molecule has 0 aliphatic rings. The quantitative estimate of drug-likeness (QED) is 0.819. The second-order valence-corrected chi connectivity index (χ2v) is 5.91. The normalized spacial score (nSPS) is 12.7. The van der Waals surface area contributed by atoms with E-state index in [4.69, 9.17) is 0 Å². The van der Waals surface area contributed by atoms with Crippen LogP contribution in [0, 0.1) is 5.82 Å². The van der Waals surface area contributed by atoms with Gasteiger partial charge in [-0.25, -0.2) is 4.39 Å². The molecular formula is C13H19BrFNS. The second kappa shape index (κ2) is 8.11. The largest absolute Gasteiger partial charge is 0.313 e. The third-order valence-electron chi connectivity index (χ3n) is 2.46. The second-order valence-electron chi connectivity index (χ2n) is 4.09. The Bertz CT molecular complexity index is 326. The van der Waals surface area contributed by atoms with Crippen LogP contribution in [0.5, 0.6) is 0 Å². The maximum atomic E-state index is 13.3. The van der Waals surface area contributed by atoms with Crippen LogP contribution >= 0.6 is 27.7 Å². The first kappa shape index (κ1) is 15.0. The van der Waals surface area contributed by atoms with Crippen LogP contribution in [0.4, 0.5) is 4.39 Å². The summed E-state index contributed by atoms with van der Waals surface area (Å²) in [7, 11) is 0. The number of nitrogens with one attached hydrogen (secondary N) is 1. The molecule has 1 aromatic carbocycles. The molecule has 0 aliphatic heterocycles. The molecule has 0 saturated carbocycles. The van der Waals surface area contributed by atoms with Gasteiger partial charge >= 0.3 is 0 Å². The first-order valence-corrected chi connectivity index (χ1v) is 8.01. The van der Waals surface area contributed by atoms with E-state index in [0.717, 1.165) is 35.2 Å². The van der Waals surface area contributed by atoms with Gasteiger partial charge in [0.15, 0.2) is 0 Å². The van der Waals surface area contributed by atoms with Crippen LogP contribution in [0.1, 0.15) is 18.9 Å². The summed E-state index contributed by atoms with van der Waals surface area (Å²) in [6, 6.07) is 5.51. The van der Waals surface area contributed by atoms with Gasteiger partial charge in [0.25, 0.3) is 0 Å². The third kappa shape index (κ3) is 5.89. The number of halogens is 2. The zero-order chi connectivity index (χ0) is 12.7. The number of hydrogen-bond acceptors (Lipinski definition) is 2. The van der Waals surface area contributed by atoms with Crippen LogP contribution in [-0.2, 0) is 6.42 Å². The SMILES string of the molecule is CCCNC(CSC)Cc1cc(F)cc(Br)c1. The molecule has 0 saturated heterocycles. The lowest BCUT2D eigenvalue weighted by Crippen LogP contribution is -2.34. The number of rotatable bonds is 7. The van der Waals surface area contributed by atoms with Gasteiger partial charge in [0.05, 0.1) is 0 Å². The molecule has 0 aromatic heterocycles. The van der Waals surface area contributed by atoms with Gasteiger partial charge in [0, 0.05) is 16.3 Å². The molecule has 1 atom stereocenters. The van der Waals surface area contributed by atoms with Crippen molar-refractivity contribution in [2.24, 2.45) is 0 Å². The maximum Gasteiger partial charge on any atom is 0.124 e. The minimum Gasteiger partial charge on any atom is -0.313 e. The Labute approximate surface area is 116 Å². The Balaban J connectivity index is 2.63. The van der Waals surface area contributed by atoms with Gasteiger partial charge in [0.1, 0.15) is 5.82 Å². The highest BCUT2D eigenvalue weighted by atomic mass is 79.9. The molecule has 0 bridgehead atoms. The molecule has 1 unspecified atom stereocenters. The van der Waals surface area contributed by atoms with Crippen molar-refractivity contribution in [1.29, 1.82) is 0 Å². The molecular weight excluding hydrogens is 301 g/mol. The Kier molecular flexibility index (Phi) is 7.16. The summed E-state index contributed by atoms with van der Waals surface area (Å²) < 4.78 is 14.1. The van der Waals surface area contributed by atoms with Crippen molar-refractivity contribution in [2.45, 2.75) is 25.8 Å². The van der Waals surface area contributed by atoms with Gasteiger partial charge in [-0.05, 0) is 49.4 Å². The van der Waals surface area contributed by atoms with E-state index < -0.39 is 0 Å². The lowest BCUT2D eigenvalue weighted by atomic mass is 10.1. The molecule has 0 heterocycles. The predicted molar refractivity (Wildman–Crippen MR) is 78.3 cm³/mol. The molecule has 1 rings (SSSR count). The number of thioether (sulfide) groups is 1. The summed E-state index contributed by atoms with van der Waals surface area (Å²) in [5.41, 5.74) is 1.04. The molecule has 17 heavy (non-hydrogen) atoms. The first-order valence-electron chi connectivity index (χ1n) is 5.83. The molecule has 96 valence electrons. The summed E-state index contributed by atoms with van der Waals surface area (Å²) in [6.07, 6.45) is 4.09. The summed E-state index contributed by atoms with van der Waals surface area (Å²) in [5, 5.41) is 3.50. The minimum absolute atomic E-state index is 0.173. The fourth-order valence-corrected chi connectivity index (χ4v) is 2.90. The summed E-state index contributed by atoms with van der Waals surface area (Å²) in [4.78, 5) is 0. The molecule has 0 fully saturated rings. The highest BCUT2D eigenvalue weighted by Gasteiger charge is 2.09. The standard InChI is InChI=1S/C13H19BrFNS/c1-3-4-16-13(9-17-2)7-10-5-11(14)8-12(15)6-10/h5-6,8,13,16H,3-4,7,9H2,1-2H3. The maximum absolute atomic E-state index is 13.3. The van der Waals surface area contributed by atoms with Gasteiger partial charge < -0.3 is 5.32 Å². The Morgan fingerprint density at radius 2 is 2.18 bits per heavy atom. The van der Waals surface area contributed by atoms with Gasteiger partial charge in [-0.3, -0.25) is 0 Å². The van der Waals surface area contributed by atoms with Crippen LogP contribution in [0.25, 0.3) is 0 Å². The van der Waals surface area contributed by atoms with Crippen LogP contribution in [0.3, 0.4) is 0 Å². The molecule has 1 nitrogen and oxygen atoms in total. The van der Waals surface area contributed by atoms with E-state index in [2.05, 4.69) is 34.4 Å². The summed E-state index contributed by atoms with van der Waals surface area (Å²) in [5.74, 6) is 0.876. The number of hydrogen-bond donors (Lipinski definition) is 1. The lowest BCUT2D eigenvalue weighted by Gasteiger charge is -2.17. The first-order chi connectivity index (χ1) is 8.15. The van der Waals surface area contributed by atoms with E-state index in [-0.39, 0.29) is 5.82 Å². The Morgan fingerprint density at radius 1 is 1.41 bits per heavy atom. The van der Waals surface area contributed by atoms with E-state index in [1.54, 1.807) is 6.07 Å². The van der Waals surface area contributed by atoms with Crippen molar-refractivity contribution in [3.05, 3.63) is 34.1 Å². The van der Waals surface area contributed by atoms with Crippen LogP contribution in [0.2, 0.25) is 0 Å². The van der Waals surface area contributed by atoms with Crippen molar-refractivity contribution in [1.82, 2.24) is 5.32 Å². The lowest BCUT2D eigenvalue weighted by molar-refractivity contribution is 0.547. The zero-order valence-corrected chi connectivity index (χ0v) is 12.7. The molecule has 0 spiro atoms. The zero-order valence-electron chi connectivity index (χ0n) is 10.3. The van der Waals surface area contributed by atoms with E-state index >= 15 is 0 Å². The van der Waals surface area contributed by atoms with E-state index in [9.17, 15) is 4.39 Å². The van der Waals surface area contributed by atoms with Crippen molar-refractivity contribution < 1.29 is 4.39 Å². The van der Waals surface area contributed by atoms with Crippen molar-refractivity contribution in [3.63, 3.8) is 0 Å². The molecule has 0 radical (unpaired) electrons. The van der Waals surface area contributed by atoms with Gasteiger partial charge in [-0.15, -0.1) is 0 Å². The average Bonchev–Trinajstić information content (AvgIpc) is 2.24. The average molecular weight is 320 g/mol. The monoisotopic (exact) mass is 319 g/mol. The van der Waals surface area contributed by atoms with E-state index in [0.29, 0.717) is 6.04 Å².